The molecule has 9 heteroatoms. The first-order valence-electron chi connectivity index (χ1n) is 14.4. The van der Waals surface area contributed by atoms with Gasteiger partial charge in [0.05, 0.1) is 12.2 Å². The number of H-pyrrole nitrogens is 1. The summed E-state index contributed by atoms with van der Waals surface area (Å²) in [5.74, 6) is 1.15. The SMILES string of the molecule is Cc1cc(NC(=O)c2cccc(Nc3ccnc4[nH]nc(O[C@@H]5CCCN(C(=O)C6CC6)C5)c34)c2)ccc1C(C)C. The number of aromatic nitrogens is 3. The van der Waals surface area contributed by atoms with Crippen LogP contribution in [0.1, 0.15) is 66.9 Å². The lowest BCUT2D eigenvalue weighted by Gasteiger charge is -2.32. The number of carbonyl (C=O) groups excluding carboxylic acids is 2. The summed E-state index contributed by atoms with van der Waals surface area (Å²) >= 11 is 0. The molecule has 1 saturated carbocycles. The van der Waals surface area contributed by atoms with E-state index in [9.17, 15) is 9.59 Å². The molecular formula is C32H36N6O3. The highest BCUT2D eigenvalue weighted by Crippen LogP contribution is 2.35. The summed E-state index contributed by atoms with van der Waals surface area (Å²) in [4.78, 5) is 32.1. The first-order valence-corrected chi connectivity index (χ1v) is 14.4. The number of hydrogen-bond acceptors (Lipinski definition) is 6. The second-order valence-electron chi connectivity index (χ2n) is 11.4. The molecule has 6 rings (SSSR count). The van der Waals surface area contributed by atoms with E-state index in [1.807, 2.05) is 41.3 Å². The Balaban J connectivity index is 1.18. The maximum Gasteiger partial charge on any atom is 0.255 e. The van der Waals surface area contributed by atoms with Gasteiger partial charge in [-0.2, -0.15) is 0 Å². The van der Waals surface area contributed by atoms with Gasteiger partial charge >= 0.3 is 0 Å². The van der Waals surface area contributed by atoms with Crippen molar-refractivity contribution in [2.45, 2.75) is 58.5 Å². The topological polar surface area (TPSA) is 112 Å². The number of anilines is 3. The number of likely N-dealkylation sites (tertiary alicyclic amines) is 1. The number of piperidine rings is 1. The molecule has 1 saturated heterocycles. The average molecular weight is 553 g/mol. The maximum absolute atomic E-state index is 13.1. The highest BCUT2D eigenvalue weighted by molar-refractivity contribution is 6.05. The molecule has 1 aliphatic carbocycles. The summed E-state index contributed by atoms with van der Waals surface area (Å²) in [6, 6.07) is 15.3. The third-order valence-corrected chi connectivity index (χ3v) is 7.88. The maximum atomic E-state index is 13.1. The summed E-state index contributed by atoms with van der Waals surface area (Å²) in [6.45, 7) is 7.75. The van der Waals surface area contributed by atoms with E-state index < -0.39 is 0 Å². The molecule has 0 radical (unpaired) electrons. The second-order valence-corrected chi connectivity index (χ2v) is 11.4. The smallest absolute Gasteiger partial charge is 0.255 e. The van der Waals surface area contributed by atoms with Gasteiger partial charge < -0.3 is 20.3 Å². The molecule has 9 nitrogen and oxygen atoms in total. The Bertz CT molecular complexity index is 1590. The number of amides is 2. The number of fused-ring (bicyclic) bond motifs is 1. The van der Waals surface area contributed by atoms with E-state index in [4.69, 9.17) is 4.74 Å². The van der Waals surface area contributed by atoms with E-state index in [2.05, 4.69) is 52.7 Å². The molecule has 0 spiro atoms. The van der Waals surface area contributed by atoms with Gasteiger partial charge in [0, 0.05) is 35.6 Å². The van der Waals surface area contributed by atoms with Crippen molar-refractivity contribution < 1.29 is 14.3 Å². The predicted molar refractivity (Wildman–Crippen MR) is 160 cm³/mol. The van der Waals surface area contributed by atoms with Crippen LogP contribution in [0.4, 0.5) is 17.1 Å². The molecule has 3 N–H and O–H groups in total. The monoisotopic (exact) mass is 552 g/mol. The van der Waals surface area contributed by atoms with Gasteiger partial charge in [0.1, 0.15) is 11.5 Å². The number of nitrogens with zero attached hydrogens (tertiary/aromatic N) is 3. The normalized spacial score (nSPS) is 17.1. The fourth-order valence-corrected chi connectivity index (χ4v) is 5.59. The minimum Gasteiger partial charge on any atom is -0.471 e. The molecule has 2 aromatic carbocycles. The number of aromatic amines is 1. The molecule has 2 aromatic heterocycles. The molecule has 4 aromatic rings. The fourth-order valence-electron chi connectivity index (χ4n) is 5.59. The molecule has 0 bridgehead atoms. The van der Waals surface area contributed by atoms with Gasteiger partial charge in [0.15, 0.2) is 5.65 Å². The zero-order chi connectivity index (χ0) is 28.5. The lowest BCUT2D eigenvalue weighted by atomic mass is 9.97. The van der Waals surface area contributed by atoms with E-state index >= 15 is 0 Å². The van der Waals surface area contributed by atoms with Crippen molar-refractivity contribution in [1.29, 1.82) is 0 Å². The van der Waals surface area contributed by atoms with Crippen molar-refractivity contribution >= 4 is 39.9 Å². The van der Waals surface area contributed by atoms with Crippen molar-refractivity contribution in [3.05, 3.63) is 71.4 Å². The van der Waals surface area contributed by atoms with Crippen molar-refractivity contribution in [3.8, 4) is 5.88 Å². The standard InChI is InChI=1S/C32H36N6O3/c1-19(2)26-12-11-24(16-20(26)3)35-30(39)22-6-4-7-23(17-22)34-27-13-14-33-29-28(27)31(37-36-29)41-25-8-5-15-38(18-25)32(40)21-9-10-21/h4,6-7,11-14,16-17,19,21,25H,5,8-10,15,18H2,1-3H3,(H,35,39)(H2,33,34,36,37)/t25-/m1/s1. The number of ether oxygens (including phenoxy) is 1. The molecule has 1 atom stereocenters. The van der Waals surface area contributed by atoms with Gasteiger partial charge in [-0.05, 0) is 86.1 Å². The minimum absolute atomic E-state index is 0.128. The van der Waals surface area contributed by atoms with E-state index in [1.165, 1.54) is 5.56 Å². The molecule has 41 heavy (non-hydrogen) atoms. The molecule has 0 unspecified atom stereocenters. The van der Waals surface area contributed by atoms with Crippen molar-refractivity contribution in [1.82, 2.24) is 20.1 Å². The fraction of sp³-hybridized carbons (Fsp3) is 0.375. The third-order valence-electron chi connectivity index (χ3n) is 7.88. The van der Waals surface area contributed by atoms with Gasteiger partial charge in [-0.25, -0.2) is 4.98 Å². The Morgan fingerprint density at radius 1 is 1.07 bits per heavy atom. The molecule has 1 aliphatic heterocycles. The summed E-state index contributed by atoms with van der Waals surface area (Å²) in [5.41, 5.74) is 5.85. The summed E-state index contributed by atoms with van der Waals surface area (Å²) in [7, 11) is 0. The van der Waals surface area contributed by atoms with Crippen LogP contribution in [0, 0.1) is 12.8 Å². The number of nitrogens with one attached hydrogen (secondary N) is 3. The molecular weight excluding hydrogens is 516 g/mol. The Hall–Kier alpha value is -4.40. The summed E-state index contributed by atoms with van der Waals surface area (Å²) < 4.78 is 6.35. The van der Waals surface area contributed by atoms with Gasteiger partial charge in [-0.15, -0.1) is 5.10 Å². The minimum atomic E-state index is -0.180. The Morgan fingerprint density at radius 2 is 1.93 bits per heavy atom. The van der Waals surface area contributed by atoms with Gasteiger partial charge in [-0.3, -0.25) is 14.7 Å². The number of carbonyl (C=O) groups is 2. The van der Waals surface area contributed by atoms with Crippen LogP contribution in [0.25, 0.3) is 11.0 Å². The molecule has 3 heterocycles. The van der Waals surface area contributed by atoms with Crippen molar-refractivity contribution in [2.75, 3.05) is 23.7 Å². The van der Waals surface area contributed by atoms with E-state index in [0.717, 1.165) is 60.2 Å². The Kier molecular flexibility index (Phi) is 7.34. The Morgan fingerprint density at radius 3 is 2.71 bits per heavy atom. The molecule has 2 fully saturated rings. The van der Waals surface area contributed by atoms with Crippen LogP contribution in [-0.4, -0.2) is 51.1 Å². The lowest BCUT2D eigenvalue weighted by Crippen LogP contribution is -2.45. The zero-order valence-corrected chi connectivity index (χ0v) is 23.7. The number of benzene rings is 2. The average Bonchev–Trinajstić information content (AvgIpc) is 3.74. The number of aryl methyl sites for hydroxylation is 1. The zero-order valence-electron chi connectivity index (χ0n) is 23.7. The van der Waals surface area contributed by atoms with Crippen molar-refractivity contribution in [3.63, 3.8) is 0 Å². The predicted octanol–water partition coefficient (Wildman–Crippen LogP) is 6.17. The third kappa shape index (κ3) is 5.89. The first-order chi connectivity index (χ1) is 19.9. The molecule has 2 amide bonds. The van der Waals surface area contributed by atoms with E-state index in [-0.39, 0.29) is 23.8 Å². The van der Waals surface area contributed by atoms with Crippen LogP contribution in [-0.2, 0) is 4.79 Å². The summed E-state index contributed by atoms with van der Waals surface area (Å²) in [5, 5.41) is 14.5. The van der Waals surface area contributed by atoms with E-state index in [1.54, 1.807) is 12.3 Å². The quantitative estimate of drug-likeness (QED) is 0.241. The van der Waals surface area contributed by atoms with Crippen LogP contribution < -0.4 is 15.4 Å². The second kappa shape index (κ2) is 11.2. The molecule has 2 aliphatic rings. The van der Waals surface area contributed by atoms with Crippen LogP contribution >= 0.6 is 0 Å². The number of hydrogen-bond donors (Lipinski definition) is 3. The highest BCUT2D eigenvalue weighted by Gasteiger charge is 2.36. The highest BCUT2D eigenvalue weighted by atomic mass is 16.5. The molecule has 212 valence electrons. The first kappa shape index (κ1) is 26.8. The van der Waals surface area contributed by atoms with Crippen molar-refractivity contribution in [2.24, 2.45) is 5.92 Å². The Labute approximate surface area is 239 Å². The van der Waals surface area contributed by atoms with Crippen LogP contribution in [0.15, 0.2) is 54.7 Å². The van der Waals surface area contributed by atoms with Crippen LogP contribution in [0.5, 0.6) is 5.88 Å². The lowest BCUT2D eigenvalue weighted by molar-refractivity contribution is -0.135. The van der Waals surface area contributed by atoms with E-state index in [0.29, 0.717) is 29.6 Å². The largest absolute Gasteiger partial charge is 0.471 e. The summed E-state index contributed by atoms with van der Waals surface area (Å²) in [6.07, 6.45) is 5.34. The van der Waals surface area contributed by atoms with Crippen LogP contribution in [0.2, 0.25) is 0 Å². The number of pyridine rings is 1. The number of rotatable bonds is 8. The van der Waals surface area contributed by atoms with Crippen LogP contribution in [0.3, 0.4) is 0 Å². The van der Waals surface area contributed by atoms with Gasteiger partial charge in [0.2, 0.25) is 11.8 Å². The van der Waals surface area contributed by atoms with Gasteiger partial charge in [0.25, 0.3) is 5.91 Å². The van der Waals surface area contributed by atoms with Gasteiger partial charge in [-0.1, -0.05) is 26.0 Å².